The van der Waals surface area contributed by atoms with Crippen LogP contribution in [-0.4, -0.2) is 43.7 Å². The molecule has 0 aromatic carbocycles. The molecule has 1 saturated carbocycles. The van der Waals surface area contributed by atoms with Crippen molar-refractivity contribution in [2.24, 2.45) is 0 Å². The number of carbonyl (C=O) groups is 1. The molecule has 6 nitrogen and oxygen atoms in total. The van der Waals surface area contributed by atoms with Crippen molar-refractivity contribution in [3.8, 4) is 0 Å². The third-order valence-electron chi connectivity index (χ3n) is 3.03. The minimum atomic E-state index is -0.378. The van der Waals surface area contributed by atoms with E-state index < -0.39 is 0 Å². The minimum absolute atomic E-state index is 0.0474. The van der Waals surface area contributed by atoms with E-state index in [4.69, 9.17) is 5.11 Å². The summed E-state index contributed by atoms with van der Waals surface area (Å²) in [6, 6.07) is 0.520. The molecule has 1 heterocycles. The summed E-state index contributed by atoms with van der Waals surface area (Å²) in [5.41, 5.74) is -0.378. The van der Waals surface area contributed by atoms with E-state index in [1.54, 1.807) is 6.33 Å². The lowest BCUT2D eigenvalue weighted by atomic mass is 10.0. The van der Waals surface area contributed by atoms with Crippen molar-refractivity contribution in [1.29, 1.82) is 0 Å². The van der Waals surface area contributed by atoms with Gasteiger partial charge in [-0.2, -0.15) is 0 Å². The topological polar surface area (TPSA) is 80.0 Å². The van der Waals surface area contributed by atoms with Gasteiger partial charge >= 0.3 is 0 Å². The lowest BCUT2D eigenvalue weighted by Crippen LogP contribution is -2.44. The quantitative estimate of drug-likeness (QED) is 0.730. The first-order chi connectivity index (χ1) is 9.02. The molecule has 2 N–H and O–H groups in total. The number of amides is 1. The van der Waals surface area contributed by atoms with Gasteiger partial charge in [-0.25, -0.2) is 0 Å². The van der Waals surface area contributed by atoms with E-state index in [2.05, 4.69) is 15.5 Å². The summed E-state index contributed by atoms with van der Waals surface area (Å²) in [5.74, 6) is 0.272. The smallest absolute Gasteiger partial charge is 0.230 e. The molecule has 0 saturated heterocycles. The zero-order chi connectivity index (χ0) is 13.9. The van der Waals surface area contributed by atoms with Gasteiger partial charge in [0.25, 0.3) is 0 Å². The Bertz CT molecular complexity index is 443. The summed E-state index contributed by atoms with van der Waals surface area (Å²) in [7, 11) is 0. The molecule has 1 amide bonds. The molecule has 1 fully saturated rings. The second-order valence-corrected chi connectivity index (χ2v) is 6.39. The van der Waals surface area contributed by atoms with Crippen LogP contribution in [0.5, 0.6) is 0 Å². The number of hydrogen-bond donors (Lipinski definition) is 2. The fourth-order valence-corrected chi connectivity index (χ4v) is 2.61. The molecule has 7 heteroatoms. The van der Waals surface area contributed by atoms with Crippen molar-refractivity contribution in [3.05, 3.63) is 6.33 Å². The second-order valence-electron chi connectivity index (χ2n) is 5.45. The first-order valence-corrected chi connectivity index (χ1v) is 7.44. The number of nitrogens with zero attached hydrogens (tertiary/aromatic N) is 3. The second kappa shape index (κ2) is 5.92. The Balaban J connectivity index is 1.81. The van der Waals surface area contributed by atoms with E-state index in [1.165, 1.54) is 24.6 Å². The predicted molar refractivity (Wildman–Crippen MR) is 72.9 cm³/mol. The number of aliphatic hydroxyl groups excluding tert-OH is 1. The van der Waals surface area contributed by atoms with Gasteiger partial charge in [-0.3, -0.25) is 4.79 Å². The van der Waals surface area contributed by atoms with Crippen LogP contribution in [0.15, 0.2) is 11.5 Å². The van der Waals surface area contributed by atoms with E-state index >= 15 is 0 Å². The molecule has 1 aromatic rings. The van der Waals surface area contributed by atoms with E-state index in [9.17, 15) is 4.79 Å². The van der Waals surface area contributed by atoms with Crippen LogP contribution in [0.1, 0.15) is 39.2 Å². The van der Waals surface area contributed by atoms with Gasteiger partial charge in [0.1, 0.15) is 6.33 Å². The van der Waals surface area contributed by atoms with Crippen molar-refractivity contribution in [1.82, 2.24) is 20.1 Å². The number of nitrogens with one attached hydrogen (secondary N) is 1. The van der Waals surface area contributed by atoms with Crippen molar-refractivity contribution < 1.29 is 9.90 Å². The number of rotatable bonds is 7. The Morgan fingerprint density at radius 2 is 2.37 bits per heavy atom. The zero-order valence-corrected chi connectivity index (χ0v) is 12.1. The first-order valence-electron chi connectivity index (χ1n) is 6.46. The highest BCUT2D eigenvalue weighted by Crippen LogP contribution is 2.37. The fourth-order valence-electron chi connectivity index (χ4n) is 1.82. The Morgan fingerprint density at radius 3 is 3.00 bits per heavy atom. The van der Waals surface area contributed by atoms with E-state index in [0.29, 0.717) is 18.2 Å². The monoisotopic (exact) mass is 284 g/mol. The van der Waals surface area contributed by atoms with Gasteiger partial charge in [-0.1, -0.05) is 11.8 Å². The number of hydrogen-bond acceptors (Lipinski definition) is 5. The standard InChI is InChI=1S/C12H20N4O2S/c1-12(2,5-6-17)14-10(18)7-19-11-15-13-8-16(11)9-3-4-9/h8-9,17H,3-7H2,1-2H3,(H,14,18). The van der Waals surface area contributed by atoms with Gasteiger partial charge in [0.2, 0.25) is 5.91 Å². The minimum Gasteiger partial charge on any atom is -0.396 e. The summed E-state index contributed by atoms with van der Waals surface area (Å²) in [6.45, 7) is 3.87. The molecule has 0 aliphatic heterocycles. The number of aliphatic hydroxyl groups is 1. The lowest BCUT2D eigenvalue weighted by molar-refractivity contribution is -0.120. The van der Waals surface area contributed by atoms with Crippen molar-refractivity contribution in [3.63, 3.8) is 0 Å². The van der Waals surface area contributed by atoms with Gasteiger partial charge in [0.05, 0.1) is 5.75 Å². The van der Waals surface area contributed by atoms with Crippen molar-refractivity contribution >= 4 is 17.7 Å². The van der Waals surface area contributed by atoms with Crippen LogP contribution in [0.4, 0.5) is 0 Å². The maximum Gasteiger partial charge on any atom is 0.230 e. The Labute approximate surface area is 117 Å². The lowest BCUT2D eigenvalue weighted by Gasteiger charge is -2.25. The number of thioether (sulfide) groups is 1. The highest BCUT2D eigenvalue weighted by Gasteiger charge is 2.27. The van der Waals surface area contributed by atoms with Gasteiger partial charge < -0.3 is 15.0 Å². The molecule has 1 aliphatic carbocycles. The Hall–Kier alpha value is -1.08. The Kier molecular flexibility index (Phi) is 4.46. The molecule has 19 heavy (non-hydrogen) atoms. The highest BCUT2D eigenvalue weighted by molar-refractivity contribution is 7.99. The van der Waals surface area contributed by atoms with Crippen LogP contribution in [0, 0.1) is 0 Å². The van der Waals surface area contributed by atoms with Crippen molar-refractivity contribution in [2.45, 2.75) is 49.8 Å². The highest BCUT2D eigenvalue weighted by atomic mass is 32.2. The van der Waals surface area contributed by atoms with E-state index in [1.807, 2.05) is 18.4 Å². The van der Waals surface area contributed by atoms with Crippen molar-refractivity contribution in [2.75, 3.05) is 12.4 Å². The number of aromatic nitrogens is 3. The molecule has 1 aromatic heterocycles. The molecule has 0 unspecified atom stereocenters. The van der Waals surface area contributed by atoms with Crippen LogP contribution in [0.25, 0.3) is 0 Å². The third kappa shape index (κ3) is 4.21. The maximum atomic E-state index is 11.9. The normalized spacial score (nSPS) is 15.5. The Morgan fingerprint density at radius 1 is 1.63 bits per heavy atom. The van der Waals surface area contributed by atoms with Crippen LogP contribution < -0.4 is 5.32 Å². The first kappa shape index (κ1) is 14.3. The predicted octanol–water partition coefficient (Wildman–Crippen LogP) is 0.982. The van der Waals surface area contributed by atoms with Crippen LogP contribution in [0.2, 0.25) is 0 Å². The molecule has 0 bridgehead atoms. The largest absolute Gasteiger partial charge is 0.396 e. The number of carbonyl (C=O) groups excluding carboxylic acids is 1. The fraction of sp³-hybridized carbons (Fsp3) is 0.750. The van der Waals surface area contributed by atoms with Gasteiger partial charge in [-0.05, 0) is 33.1 Å². The summed E-state index contributed by atoms with van der Waals surface area (Å²) in [4.78, 5) is 11.9. The summed E-state index contributed by atoms with van der Waals surface area (Å²) >= 11 is 1.40. The maximum absolute atomic E-state index is 11.9. The summed E-state index contributed by atoms with van der Waals surface area (Å²) in [6.07, 6.45) is 4.61. The molecule has 106 valence electrons. The van der Waals surface area contributed by atoms with Crippen LogP contribution >= 0.6 is 11.8 Å². The van der Waals surface area contributed by atoms with E-state index in [0.717, 1.165) is 5.16 Å². The third-order valence-corrected chi connectivity index (χ3v) is 3.98. The summed E-state index contributed by atoms with van der Waals surface area (Å²) in [5, 5.41) is 20.6. The molecular formula is C12H20N4O2S. The SMILES string of the molecule is CC(C)(CCO)NC(=O)CSc1nncn1C1CC1. The van der Waals surface area contributed by atoms with Gasteiger partial charge in [-0.15, -0.1) is 10.2 Å². The van der Waals surface area contributed by atoms with Crippen LogP contribution in [-0.2, 0) is 4.79 Å². The average Bonchev–Trinajstić information content (AvgIpc) is 3.05. The average molecular weight is 284 g/mol. The zero-order valence-electron chi connectivity index (χ0n) is 11.3. The van der Waals surface area contributed by atoms with Gasteiger partial charge in [0, 0.05) is 18.2 Å². The molecule has 2 rings (SSSR count). The molecular weight excluding hydrogens is 264 g/mol. The molecule has 0 atom stereocenters. The summed E-state index contributed by atoms with van der Waals surface area (Å²) < 4.78 is 2.04. The van der Waals surface area contributed by atoms with E-state index in [-0.39, 0.29) is 18.1 Å². The molecule has 1 aliphatic rings. The van der Waals surface area contributed by atoms with Gasteiger partial charge in [0.15, 0.2) is 5.16 Å². The van der Waals surface area contributed by atoms with Crippen LogP contribution in [0.3, 0.4) is 0 Å². The molecule has 0 spiro atoms. The molecule has 0 radical (unpaired) electrons.